The minimum absolute atomic E-state index is 0.242. The van der Waals surface area contributed by atoms with Gasteiger partial charge >= 0.3 is 0 Å². The third-order valence-electron chi connectivity index (χ3n) is 3.41. The second-order valence-corrected chi connectivity index (χ2v) is 5.74. The van der Waals surface area contributed by atoms with Crippen molar-refractivity contribution in [2.75, 3.05) is 0 Å². The van der Waals surface area contributed by atoms with Crippen LogP contribution < -0.4 is 0 Å². The summed E-state index contributed by atoms with van der Waals surface area (Å²) in [5, 5.41) is 9.77. The molecule has 1 atom stereocenters. The molecule has 92 valence electrons. The van der Waals surface area contributed by atoms with E-state index in [-0.39, 0.29) is 6.10 Å². The predicted molar refractivity (Wildman–Crippen MR) is 75.7 cm³/mol. The molecular weight excluding hydrogens is 240 g/mol. The average Bonchev–Trinajstić information content (AvgIpc) is 2.79. The highest BCUT2D eigenvalue weighted by Crippen LogP contribution is 2.34. The maximum Gasteiger partial charge on any atom is 0.0795 e. The van der Waals surface area contributed by atoms with Gasteiger partial charge < -0.3 is 5.11 Å². The lowest BCUT2D eigenvalue weighted by molar-refractivity contribution is 0.180. The molecule has 18 heavy (non-hydrogen) atoms. The van der Waals surface area contributed by atoms with Crippen molar-refractivity contribution in [1.29, 1.82) is 0 Å². The van der Waals surface area contributed by atoms with Crippen LogP contribution in [0.15, 0.2) is 53.4 Å². The van der Waals surface area contributed by atoms with Crippen LogP contribution in [0.2, 0.25) is 0 Å². The second-order valence-electron chi connectivity index (χ2n) is 4.69. The summed E-state index contributed by atoms with van der Waals surface area (Å²) < 4.78 is 0. The van der Waals surface area contributed by atoms with Crippen LogP contribution in [0.5, 0.6) is 0 Å². The van der Waals surface area contributed by atoms with E-state index in [1.165, 1.54) is 16.0 Å². The van der Waals surface area contributed by atoms with E-state index >= 15 is 0 Å². The molecule has 0 aromatic heterocycles. The first-order valence-electron chi connectivity index (χ1n) is 6.30. The quantitative estimate of drug-likeness (QED) is 0.839. The summed E-state index contributed by atoms with van der Waals surface area (Å²) in [5.74, 6) is 1.00. The normalized spacial score (nSPS) is 17.7. The smallest absolute Gasteiger partial charge is 0.0795 e. The van der Waals surface area contributed by atoms with Gasteiger partial charge in [0.2, 0.25) is 0 Å². The molecule has 1 aliphatic carbocycles. The molecule has 0 saturated heterocycles. The summed E-state index contributed by atoms with van der Waals surface area (Å²) >= 11 is 1.86. The number of rotatable bonds is 3. The highest BCUT2D eigenvalue weighted by molar-refractivity contribution is 7.98. The zero-order valence-corrected chi connectivity index (χ0v) is 11.0. The van der Waals surface area contributed by atoms with Crippen LogP contribution in [0.3, 0.4) is 0 Å². The SMILES string of the molecule is OC1CCc2cc(SCc3ccccc3)ccc21. The van der Waals surface area contributed by atoms with Gasteiger partial charge in [0.1, 0.15) is 0 Å². The summed E-state index contributed by atoms with van der Waals surface area (Å²) in [6.45, 7) is 0. The first-order valence-corrected chi connectivity index (χ1v) is 7.29. The standard InChI is InChI=1S/C16H16OS/c17-16-9-6-13-10-14(7-8-15(13)16)18-11-12-4-2-1-3-5-12/h1-5,7-8,10,16-17H,6,9,11H2. The van der Waals surface area contributed by atoms with Gasteiger partial charge in [-0.2, -0.15) is 0 Å². The predicted octanol–water partition coefficient (Wildman–Crippen LogP) is 3.96. The van der Waals surface area contributed by atoms with Gasteiger partial charge in [-0.3, -0.25) is 0 Å². The van der Waals surface area contributed by atoms with Gasteiger partial charge in [0.05, 0.1) is 6.10 Å². The average molecular weight is 256 g/mol. The monoisotopic (exact) mass is 256 g/mol. The molecule has 0 fully saturated rings. The van der Waals surface area contributed by atoms with E-state index in [0.717, 1.165) is 24.2 Å². The molecule has 0 aliphatic heterocycles. The Hall–Kier alpha value is -1.25. The van der Waals surface area contributed by atoms with E-state index in [2.05, 4.69) is 42.5 Å². The van der Waals surface area contributed by atoms with E-state index in [1.807, 2.05) is 17.8 Å². The molecule has 0 radical (unpaired) electrons. The zero-order valence-electron chi connectivity index (χ0n) is 10.2. The Labute approximate surface area is 112 Å². The number of aliphatic hydroxyl groups is 1. The van der Waals surface area contributed by atoms with E-state index < -0.39 is 0 Å². The van der Waals surface area contributed by atoms with Gasteiger partial charge in [-0.15, -0.1) is 11.8 Å². The van der Waals surface area contributed by atoms with Gasteiger partial charge in [-0.1, -0.05) is 36.4 Å². The van der Waals surface area contributed by atoms with Crippen molar-refractivity contribution in [1.82, 2.24) is 0 Å². The third-order valence-corrected chi connectivity index (χ3v) is 4.47. The molecule has 2 aromatic rings. The van der Waals surface area contributed by atoms with Crippen molar-refractivity contribution in [3.05, 3.63) is 65.2 Å². The maximum absolute atomic E-state index is 9.77. The first-order chi connectivity index (χ1) is 8.83. The van der Waals surface area contributed by atoms with Crippen molar-refractivity contribution in [2.45, 2.75) is 29.6 Å². The maximum atomic E-state index is 9.77. The molecule has 1 aliphatic rings. The summed E-state index contributed by atoms with van der Waals surface area (Å²) in [7, 11) is 0. The lowest BCUT2D eigenvalue weighted by Gasteiger charge is -2.06. The van der Waals surface area contributed by atoms with Crippen molar-refractivity contribution >= 4 is 11.8 Å². The topological polar surface area (TPSA) is 20.2 Å². The van der Waals surface area contributed by atoms with Crippen LogP contribution in [0.4, 0.5) is 0 Å². The van der Waals surface area contributed by atoms with Gasteiger partial charge in [0.15, 0.2) is 0 Å². The lowest BCUT2D eigenvalue weighted by Crippen LogP contribution is -1.89. The first kappa shape index (κ1) is 11.8. The Morgan fingerprint density at radius 3 is 2.78 bits per heavy atom. The lowest BCUT2D eigenvalue weighted by atomic mass is 10.1. The largest absolute Gasteiger partial charge is 0.388 e. The fraction of sp³-hybridized carbons (Fsp3) is 0.250. The summed E-state index contributed by atoms with van der Waals surface area (Å²) in [5.41, 5.74) is 3.79. The van der Waals surface area contributed by atoms with Gasteiger partial charge in [-0.25, -0.2) is 0 Å². The molecule has 0 bridgehead atoms. The summed E-state index contributed by atoms with van der Waals surface area (Å²) in [6.07, 6.45) is 1.64. The number of aliphatic hydroxyl groups excluding tert-OH is 1. The number of benzene rings is 2. The highest BCUT2D eigenvalue weighted by Gasteiger charge is 2.19. The van der Waals surface area contributed by atoms with E-state index in [4.69, 9.17) is 0 Å². The molecule has 2 heteroatoms. The molecule has 1 nitrogen and oxygen atoms in total. The molecule has 1 unspecified atom stereocenters. The Balaban J connectivity index is 1.71. The molecule has 0 spiro atoms. The number of hydrogen-bond acceptors (Lipinski definition) is 2. The third kappa shape index (κ3) is 2.45. The van der Waals surface area contributed by atoms with Crippen LogP contribution in [0.25, 0.3) is 0 Å². The second kappa shape index (κ2) is 5.17. The highest BCUT2D eigenvalue weighted by atomic mass is 32.2. The number of thioether (sulfide) groups is 1. The van der Waals surface area contributed by atoms with Crippen molar-refractivity contribution < 1.29 is 5.11 Å². The fourth-order valence-electron chi connectivity index (χ4n) is 2.40. The van der Waals surface area contributed by atoms with Gasteiger partial charge in [-0.05, 0) is 41.7 Å². The Bertz CT molecular complexity index is 536. The molecule has 3 rings (SSSR count). The van der Waals surface area contributed by atoms with Gasteiger partial charge in [0, 0.05) is 10.6 Å². The number of fused-ring (bicyclic) bond motifs is 1. The van der Waals surface area contributed by atoms with Crippen LogP contribution in [-0.4, -0.2) is 5.11 Å². The van der Waals surface area contributed by atoms with Crippen LogP contribution in [0, 0.1) is 0 Å². The van der Waals surface area contributed by atoms with E-state index in [9.17, 15) is 5.11 Å². The Kier molecular flexibility index (Phi) is 3.39. The van der Waals surface area contributed by atoms with Crippen molar-refractivity contribution in [3.63, 3.8) is 0 Å². The Morgan fingerprint density at radius 1 is 1.11 bits per heavy atom. The van der Waals surface area contributed by atoms with Crippen molar-refractivity contribution in [2.24, 2.45) is 0 Å². The minimum atomic E-state index is -0.242. The minimum Gasteiger partial charge on any atom is -0.388 e. The summed E-state index contributed by atoms with van der Waals surface area (Å²) in [4.78, 5) is 1.30. The van der Waals surface area contributed by atoms with E-state index in [1.54, 1.807) is 0 Å². The van der Waals surface area contributed by atoms with Crippen LogP contribution in [0.1, 0.15) is 29.2 Å². The van der Waals surface area contributed by atoms with Crippen LogP contribution >= 0.6 is 11.8 Å². The van der Waals surface area contributed by atoms with E-state index in [0.29, 0.717) is 0 Å². The molecule has 2 aromatic carbocycles. The number of hydrogen-bond donors (Lipinski definition) is 1. The molecule has 1 N–H and O–H groups in total. The molecule has 0 amide bonds. The molecule has 0 saturated carbocycles. The fourth-order valence-corrected chi connectivity index (χ4v) is 3.32. The number of aryl methyl sites for hydroxylation is 1. The molecule has 0 heterocycles. The molecular formula is C16H16OS. The van der Waals surface area contributed by atoms with Crippen LogP contribution in [-0.2, 0) is 12.2 Å². The Morgan fingerprint density at radius 2 is 1.94 bits per heavy atom. The summed E-state index contributed by atoms with van der Waals surface area (Å²) in [6, 6.07) is 17.0. The van der Waals surface area contributed by atoms with Gasteiger partial charge in [0.25, 0.3) is 0 Å². The zero-order chi connectivity index (χ0) is 12.4. The van der Waals surface area contributed by atoms with Crippen molar-refractivity contribution in [3.8, 4) is 0 Å².